The summed E-state index contributed by atoms with van der Waals surface area (Å²) >= 11 is 0. The van der Waals surface area contributed by atoms with Gasteiger partial charge in [0, 0.05) is 0 Å². The summed E-state index contributed by atoms with van der Waals surface area (Å²) < 4.78 is 5.94. The number of fused-ring (bicyclic) bond motifs is 2. The highest BCUT2D eigenvalue weighted by atomic mass is 16.5. The van der Waals surface area contributed by atoms with Gasteiger partial charge in [0.05, 0.1) is 11.7 Å². The van der Waals surface area contributed by atoms with Crippen molar-refractivity contribution in [2.75, 3.05) is 5.32 Å². The average molecular weight is 201 g/mol. The highest BCUT2D eigenvalue weighted by molar-refractivity contribution is 5.60. The van der Waals surface area contributed by atoms with E-state index in [-0.39, 0.29) is 6.10 Å². The molecular weight excluding hydrogens is 186 g/mol. The molecule has 0 saturated heterocycles. The van der Waals surface area contributed by atoms with Gasteiger partial charge in [0.15, 0.2) is 0 Å². The fourth-order valence-corrected chi connectivity index (χ4v) is 2.29. The molecule has 3 rings (SSSR count). The zero-order valence-corrected chi connectivity index (χ0v) is 8.86. The number of anilines is 1. The van der Waals surface area contributed by atoms with Crippen LogP contribution in [0.5, 0.6) is 5.75 Å². The Hall–Kier alpha value is -1.44. The Morgan fingerprint density at radius 1 is 1.40 bits per heavy atom. The van der Waals surface area contributed by atoms with Crippen molar-refractivity contribution in [3.63, 3.8) is 0 Å². The molecule has 2 heteroatoms. The molecule has 1 heterocycles. The SMILES string of the molecule is Cc1ccc2c(c1)NC1CCC=CC1O2. The topological polar surface area (TPSA) is 21.3 Å². The van der Waals surface area contributed by atoms with E-state index in [1.165, 1.54) is 5.56 Å². The quantitative estimate of drug-likeness (QED) is 0.652. The van der Waals surface area contributed by atoms with E-state index < -0.39 is 0 Å². The molecule has 0 radical (unpaired) electrons. The van der Waals surface area contributed by atoms with Crippen LogP contribution in [0.15, 0.2) is 30.4 Å². The van der Waals surface area contributed by atoms with E-state index in [9.17, 15) is 0 Å². The molecule has 0 bridgehead atoms. The number of rotatable bonds is 0. The number of ether oxygens (including phenoxy) is 1. The summed E-state index contributed by atoms with van der Waals surface area (Å²) in [6.45, 7) is 2.11. The minimum absolute atomic E-state index is 0.217. The molecule has 0 saturated carbocycles. The molecule has 2 aliphatic rings. The third kappa shape index (κ3) is 1.50. The molecular formula is C13H15NO. The molecule has 2 nitrogen and oxygen atoms in total. The monoisotopic (exact) mass is 201 g/mol. The highest BCUT2D eigenvalue weighted by Crippen LogP contribution is 2.34. The van der Waals surface area contributed by atoms with Crippen LogP contribution in [0, 0.1) is 6.92 Å². The molecule has 1 aromatic rings. The van der Waals surface area contributed by atoms with E-state index >= 15 is 0 Å². The predicted octanol–water partition coefficient (Wildman–Crippen LogP) is 2.89. The third-order valence-electron chi connectivity index (χ3n) is 3.11. The van der Waals surface area contributed by atoms with Crippen LogP contribution >= 0.6 is 0 Å². The van der Waals surface area contributed by atoms with E-state index in [2.05, 4.69) is 42.6 Å². The van der Waals surface area contributed by atoms with E-state index in [0.29, 0.717) is 6.04 Å². The molecule has 0 aromatic heterocycles. The Labute approximate surface area is 89.9 Å². The van der Waals surface area contributed by atoms with Crippen molar-refractivity contribution in [3.8, 4) is 5.75 Å². The van der Waals surface area contributed by atoms with Crippen LogP contribution in [0.2, 0.25) is 0 Å². The zero-order valence-electron chi connectivity index (χ0n) is 8.86. The summed E-state index contributed by atoms with van der Waals surface area (Å²) in [5.41, 5.74) is 2.42. The number of nitrogens with one attached hydrogen (secondary N) is 1. The fraction of sp³-hybridized carbons (Fsp3) is 0.385. The lowest BCUT2D eigenvalue weighted by Gasteiger charge is -2.35. The van der Waals surface area contributed by atoms with Gasteiger partial charge in [-0.1, -0.05) is 12.1 Å². The van der Waals surface area contributed by atoms with Crippen molar-refractivity contribution in [2.45, 2.75) is 31.9 Å². The zero-order chi connectivity index (χ0) is 10.3. The molecule has 2 atom stereocenters. The largest absolute Gasteiger partial charge is 0.482 e. The van der Waals surface area contributed by atoms with Crippen molar-refractivity contribution in [1.82, 2.24) is 0 Å². The van der Waals surface area contributed by atoms with Gasteiger partial charge in [-0.05, 0) is 43.5 Å². The van der Waals surface area contributed by atoms with Gasteiger partial charge in [-0.3, -0.25) is 0 Å². The fourth-order valence-electron chi connectivity index (χ4n) is 2.29. The molecule has 1 N–H and O–H groups in total. The number of aryl methyl sites for hydroxylation is 1. The van der Waals surface area contributed by atoms with E-state index in [1.54, 1.807) is 0 Å². The standard InChI is InChI=1S/C13H15NO/c1-9-6-7-13-11(8-9)14-10-4-2-3-5-12(10)15-13/h3,5-8,10,12,14H,2,4H2,1H3. The summed E-state index contributed by atoms with van der Waals surface area (Å²) in [6.07, 6.45) is 6.91. The molecule has 0 spiro atoms. The van der Waals surface area contributed by atoms with Crippen LogP contribution in [0.1, 0.15) is 18.4 Å². The minimum Gasteiger partial charge on any atom is -0.482 e. The van der Waals surface area contributed by atoms with Crippen LogP contribution in [-0.4, -0.2) is 12.1 Å². The average Bonchev–Trinajstić information content (AvgIpc) is 2.26. The van der Waals surface area contributed by atoms with Crippen LogP contribution in [0.4, 0.5) is 5.69 Å². The van der Waals surface area contributed by atoms with Gasteiger partial charge in [-0.25, -0.2) is 0 Å². The normalized spacial score (nSPS) is 27.3. The van der Waals surface area contributed by atoms with Crippen molar-refractivity contribution in [3.05, 3.63) is 35.9 Å². The second-order valence-electron chi connectivity index (χ2n) is 4.34. The first-order valence-corrected chi connectivity index (χ1v) is 5.53. The molecule has 1 aliphatic heterocycles. The van der Waals surface area contributed by atoms with Gasteiger partial charge in [-0.15, -0.1) is 0 Å². The lowest BCUT2D eigenvalue weighted by molar-refractivity contribution is 0.203. The van der Waals surface area contributed by atoms with Gasteiger partial charge in [0.2, 0.25) is 0 Å². The first kappa shape index (κ1) is 8.84. The molecule has 78 valence electrons. The van der Waals surface area contributed by atoms with Gasteiger partial charge in [-0.2, -0.15) is 0 Å². The number of hydrogen-bond donors (Lipinski definition) is 1. The second kappa shape index (κ2) is 3.30. The lowest BCUT2D eigenvalue weighted by atomic mass is 9.96. The number of benzene rings is 1. The van der Waals surface area contributed by atoms with Crippen LogP contribution in [0.25, 0.3) is 0 Å². The van der Waals surface area contributed by atoms with Gasteiger partial charge < -0.3 is 10.1 Å². The highest BCUT2D eigenvalue weighted by Gasteiger charge is 2.28. The minimum atomic E-state index is 0.217. The summed E-state index contributed by atoms with van der Waals surface area (Å²) in [5.74, 6) is 0.980. The Bertz CT molecular complexity index is 411. The van der Waals surface area contributed by atoms with Crippen LogP contribution in [0.3, 0.4) is 0 Å². The van der Waals surface area contributed by atoms with E-state index in [1.807, 2.05) is 0 Å². The maximum atomic E-state index is 5.94. The van der Waals surface area contributed by atoms with Gasteiger partial charge in [0.25, 0.3) is 0 Å². The van der Waals surface area contributed by atoms with Crippen molar-refractivity contribution < 1.29 is 4.74 Å². The van der Waals surface area contributed by atoms with Gasteiger partial charge >= 0.3 is 0 Å². The van der Waals surface area contributed by atoms with E-state index in [4.69, 9.17) is 4.74 Å². The third-order valence-corrected chi connectivity index (χ3v) is 3.11. The molecule has 1 aromatic carbocycles. The Morgan fingerprint density at radius 2 is 2.33 bits per heavy atom. The maximum absolute atomic E-state index is 5.94. The smallest absolute Gasteiger partial charge is 0.143 e. The van der Waals surface area contributed by atoms with Crippen molar-refractivity contribution in [2.24, 2.45) is 0 Å². The van der Waals surface area contributed by atoms with Crippen molar-refractivity contribution >= 4 is 5.69 Å². The second-order valence-corrected chi connectivity index (χ2v) is 4.34. The number of allylic oxidation sites excluding steroid dienone is 1. The summed E-state index contributed by atoms with van der Waals surface area (Å²) in [6, 6.07) is 6.75. The molecule has 0 amide bonds. The maximum Gasteiger partial charge on any atom is 0.143 e. The van der Waals surface area contributed by atoms with Crippen LogP contribution in [-0.2, 0) is 0 Å². The van der Waals surface area contributed by atoms with Gasteiger partial charge in [0.1, 0.15) is 11.9 Å². The number of hydrogen-bond acceptors (Lipinski definition) is 2. The molecule has 1 aliphatic carbocycles. The summed E-state index contributed by atoms with van der Waals surface area (Å²) in [5, 5.41) is 3.56. The molecule has 0 fully saturated rings. The van der Waals surface area contributed by atoms with E-state index in [0.717, 1.165) is 24.3 Å². The summed E-state index contributed by atoms with van der Waals surface area (Å²) in [7, 11) is 0. The van der Waals surface area contributed by atoms with Crippen LogP contribution < -0.4 is 10.1 Å². The Kier molecular flexibility index (Phi) is 1.94. The summed E-state index contributed by atoms with van der Waals surface area (Å²) in [4.78, 5) is 0. The first-order valence-electron chi connectivity index (χ1n) is 5.53. The molecule has 15 heavy (non-hydrogen) atoms. The molecule has 2 unspecified atom stereocenters. The Balaban J connectivity index is 1.97. The van der Waals surface area contributed by atoms with Crippen molar-refractivity contribution in [1.29, 1.82) is 0 Å². The lowest BCUT2D eigenvalue weighted by Crippen LogP contribution is -2.41. The predicted molar refractivity (Wildman–Crippen MR) is 61.4 cm³/mol. The Morgan fingerprint density at radius 3 is 3.27 bits per heavy atom. The first-order chi connectivity index (χ1) is 7.33.